The zero-order chi connectivity index (χ0) is 24.5. The van der Waals surface area contributed by atoms with Crippen molar-refractivity contribution < 1.29 is 70.9 Å². The normalized spacial score (nSPS) is 17.4. The fourth-order valence-electron chi connectivity index (χ4n) is 3.01. The van der Waals surface area contributed by atoms with Crippen LogP contribution in [0.3, 0.4) is 0 Å². The van der Waals surface area contributed by atoms with Crippen molar-refractivity contribution in [1.29, 1.82) is 0 Å². The second-order valence-corrected chi connectivity index (χ2v) is 5.58. The average Bonchev–Trinajstić information content (AvgIpc) is 3.30. The molecule has 0 bridgehead atoms. The monoisotopic (exact) mass is 520 g/mol. The molecule has 0 N–H and O–H groups in total. The molecule has 1 heterocycles. The van der Waals surface area contributed by atoms with Crippen molar-refractivity contribution in [3.63, 3.8) is 0 Å². The molecular weight excluding hydrogens is 498 g/mol. The van der Waals surface area contributed by atoms with Gasteiger partial charge in [0.15, 0.2) is 5.79 Å². The molecular formula is C21H22Co2O8. The Labute approximate surface area is 205 Å². The maximum atomic E-state index is 7.50. The van der Waals surface area contributed by atoms with Gasteiger partial charge in [-0.15, -0.1) is 0 Å². The Morgan fingerprint density at radius 2 is 1.26 bits per heavy atom. The molecule has 2 aliphatic rings. The summed E-state index contributed by atoms with van der Waals surface area (Å²) in [6.45, 7) is 40.4. The molecule has 2 fully saturated rings. The van der Waals surface area contributed by atoms with E-state index in [1.54, 1.807) is 0 Å². The van der Waals surface area contributed by atoms with Crippen molar-refractivity contribution in [2.24, 2.45) is 11.3 Å². The van der Waals surface area contributed by atoms with E-state index >= 15 is 0 Å². The molecule has 0 aromatic carbocycles. The third-order valence-corrected chi connectivity index (χ3v) is 4.22. The van der Waals surface area contributed by atoms with Crippen molar-refractivity contribution in [3.05, 3.63) is 64.2 Å². The van der Waals surface area contributed by atoms with Crippen molar-refractivity contribution in [2.45, 2.75) is 45.8 Å². The van der Waals surface area contributed by atoms with Crippen LogP contribution >= 0.6 is 0 Å². The molecule has 0 aromatic heterocycles. The van der Waals surface area contributed by atoms with E-state index in [0.29, 0.717) is 13.2 Å². The van der Waals surface area contributed by atoms with Gasteiger partial charge in [0.05, 0.1) is 13.2 Å². The van der Waals surface area contributed by atoms with Crippen LogP contribution in [0.1, 0.15) is 40.0 Å². The van der Waals surface area contributed by atoms with Gasteiger partial charge >= 0.3 is 67.8 Å². The summed E-state index contributed by atoms with van der Waals surface area (Å²) in [7, 11) is 0. The van der Waals surface area contributed by atoms with Crippen LogP contribution in [0.25, 0.3) is 0 Å². The Bertz CT molecular complexity index is 519. The van der Waals surface area contributed by atoms with Gasteiger partial charge in [0.25, 0.3) is 0 Å². The summed E-state index contributed by atoms with van der Waals surface area (Å²) in [4.78, 5) is 0. The minimum Gasteiger partial charge on any atom is -0.347 e. The first kappa shape index (κ1) is 47.6. The van der Waals surface area contributed by atoms with Crippen LogP contribution in [0.2, 0.25) is 0 Å². The topological polar surface area (TPSA) is 138 Å². The number of allylic oxidation sites excluding steroid dienone is 3. The van der Waals surface area contributed by atoms with Gasteiger partial charge in [0.2, 0.25) is 0 Å². The summed E-state index contributed by atoms with van der Waals surface area (Å²) in [5.41, 5.74) is 1.28. The molecule has 31 heavy (non-hydrogen) atoms. The minimum atomic E-state index is -0.428. The summed E-state index contributed by atoms with van der Waals surface area (Å²) < 4.78 is 56.9. The molecule has 2 rings (SSSR count). The maximum absolute atomic E-state index is 7.50. The van der Waals surface area contributed by atoms with Gasteiger partial charge in [0.1, 0.15) is 0 Å². The van der Waals surface area contributed by atoms with Crippen LogP contribution in [-0.4, -0.2) is 19.0 Å². The first-order chi connectivity index (χ1) is 14.0. The van der Waals surface area contributed by atoms with Crippen molar-refractivity contribution in [3.8, 4) is 0 Å². The number of hydrogen-bond acceptors (Lipinski definition) is 2. The second-order valence-electron chi connectivity index (χ2n) is 5.58. The third kappa shape index (κ3) is 17.1. The van der Waals surface area contributed by atoms with Crippen LogP contribution in [-0.2, 0) is 70.9 Å². The summed E-state index contributed by atoms with van der Waals surface area (Å²) in [6, 6.07) is 0. The zero-order valence-corrected chi connectivity index (χ0v) is 19.3. The van der Waals surface area contributed by atoms with Crippen LogP contribution in [0, 0.1) is 63.9 Å². The predicted octanol–water partition coefficient (Wildman–Crippen LogP) is 3.06. The molecule has 1 aliphatic carbocycles. The third-order valence-electron chi connectivity index (χ3n) is 4.22. The van der Waals surface area contributed by atoms with Crippen LogP contribution in [0.4, 0.5) is 0 Å². The van der Waals surface area contributed by atoms with E-state index in [-0.39, 0.29) is 44.9 Å². The van der Waals surface area contributed by atoms with E-state index < -0.39 is 5.79 Å². The van der Waals surface area contributed by atoms with Crippen molar-refractivity contribution >= 4 is 0 Å². The molecule has 172 valence electrons. The Morgan fingerprint density at radius 3 is 1.55 bits per heavy atom. The van der Waals surface area contributed by atoms with Gasteiger partial charge in [-0.25, -0.2) is 0 Å². The SMILES string of the molecule is [C-]#[O+].[C-]#[O+].[C-]#[O+].[C-]#[O+].[C-]#[O+].[C-]#[O+].[CH]=[C]C(C)(C)C1C/C(=C\C)CCC12OCCO2.[Co].[Co]. The van der Waals surface area contributed by atoms with E-state index in [0.717, 1.165) is 19.3 Å². The van der Waals surface area contributed by atoms with Crippen LogP contribution in [0.15, 0.2) is 11.6 Å². The fraction of sp³-hybridized carbons (Fsp3) is 0.524. The van der Waals surface area contributed by atoms with E-state index in [1.807, 2.05) is 0 Å². The quantitative estimate of drug-likeness (QED) is 0.314. The van der Waals surface area contributed by atoms with Crippen LogP contribution in [0.5, 0.6) is 0 Å². The van der Waals surface area contributed by atoms with E-state index in [1.165, 1.54) is 5.57 Å². The zero-order valence-electron chi connectivity index (χ0n) is 17.2. The Morgan fingerprint density at radius 1 is 0.903 bits per heavy atom. The smallest absolute Gasteiger partial charge is 0.172 e. The largest absolute Gasteiger partial charge is 0.347 e. The van der Waals surface area contributed by atoms with E-state index in [9.17, 15) is 0 Å². The average molecular weight is 520 g/mol. The first-order valence-corrected chi connectivity index (χ1v) is 7.66. The first-order valence-electron chi connectivity index (χ1n) is 7.66. The molecule has 4 radical (unpaired) electrons. The molecule has 10 heteroatoms. The Kier molecular flexibility index (Phi) is 51.4. The summed E-state index contributed by atoms with van der Waals surface area (Å²) in [5.74, 6) is -0.176. The van der Waals surface area contributed by atoms with Gasteiger partial charge in [0, 0.05) is 45.9 Å². The molecule has 1 atom stereocenters. The molecule has 1 saturated carbocycles. The number of rotatable bonds is 2. The summed E-state index contributed by atoms with van der Waals surface area (Å²) >= 11 is 0. The molecule has 8 nitrogen and oxygen atoms in total. The van der Waals surface area contributed by atoms with E-state index in [2.05, 4.69) is 72.8 Å². The molecule has 1 unspecified atom stereocenters. The van der Waals surface area contributed by atoms with Gasteiger partial charge in [-0.3, -0.25) is 0 Å². The fourth-order valence-corrected chi connectivity index (χ4v) is 3.01. The van der Waals surface area contributed by atoms with Crippen LogP contribution < -0.4 is 0 Å². The van der Waals surface area contributed by atoms with Crippen molar-refractivity contribution in [1.82, 2.24) is 0 Å². The second kappa shape index (κ2) is 33.5. The Hall–Kier alpha value is -1.15. The molecule has 0 aromatic rings. The molecule has 1 aliphatic heterocycles. The van der Waals surface area contributed by atoms with Gasteiger partial charge < -0.3 is 9.47 Å². The van der Waals surface area contributed by atoms with E-state index in [4.69, 9.17) is 44.0 Å². The predicted molar refractivity (Wildman–Crippen MR) is 90.6 cm³/mol. The summed E-state index contributed by atoms with van der Waals surface area (Å²) in [5, 5.41) is 0. The minimum absolute atomic E-state index is 0. The maximum Gasteiger partial charge on any atom is 0.172 e. The summed E-state index contributed by atoms with van der Waals surface area (Å²) in [6.07, 6.45) is 8.12. The molecule has 1 spiro atoms. The number of ether oxygens (including phenoxy) is 2. The van der Waals surface area contributed by atoms with Crippen molar-refractivity contribution in [2.75, 3.05) is 13.2 Å². The standard InChI is InChI=1S/C15H22O2.6CO.2Co/c1-5-12-7-8-15(16-9-10-17-15)13(11-12)14(3,4)6-2;6*1-2;;/h2,5,13H,7-11H2,1,3-4H3;;;;;;;;/b6-2?,12-5-;;;;;;;;. The number of hydrogen-bond donors (Lipinski definition) is 0. The van der Waals surface area contributed by atoms with Gasteiger partial charge in [-0.2, -0.15) is 0 Å². The van der Waals surface area contributed by atoms with Gasteiger partial charge in [-0.05, 0) is 31.3 Å². The van der Waals surface area contributed by atoms with Gasteiger partial charge in [-0.1, -0.05) is 32.1 Å². The molecule has 1 saturated heterocycles. The molecule has 0 amide bonds. The Balaban J connectivity index is -0.0000000716.